The van der Waals surface area contributed by atoms with Crippen LogP contribution in [0, 0.1) is 0 Å². The minimum atomic E-state index is -1.12. The molecule has 0 aliphatic carbocycles. The molecule has 1 saturated heterocycles. The average Bonchev–Trinajstić information content (AvgIpc) is 2.93. The number of fused-ring (bicyclic) bond motifs is 1. The van der Waals surface area contributed by atoms with Crippen LogP contribution >= 0.6 is 0 Å². The fourth-order valence-electron chi connectivity index (χ4n) is 2.19. The van der Waals surface area contributed by atoms with Crippen LogP contribution in [-0.2, 0) is 4.74 Å². The lowest BCUT2D eigenvalue weighted by molar-refractivity contribution is -0.0509. The first-order chi connectivity index (χ1) is 8.72. The molecule has 1 aliphatic rings. The van der Waals surface area contributed by atoms with Gasteiger partial charge in [0.05, 0.1) is 30.2 Å². The van der Waals surface area contributed by atoms with E-state index < -0.39 is 24.5 Å². The number of ether oxygens (including phenoxy) is 1. The second kappa shape index (κ2) is 4.29. The number of rotatable bonds is 2. The van der Waals surface area contributed by atoms with Gasteiger partial charge in [-0.3, -0.25) is 9.55 Å². The van der Waals surface area contributed by atoms with Crippen LogP contribution < -0.4 is 0 Å². The highest BCUT2D eigenvalue weighted by Gasteiger charge is 2.43. The number of aliphatic hydroxyl groups is 3. The van der Waals surface area contributed by atoms with Crippen LogP contribution in [-0.4, -0.2) is 54.8 Å². The van der Waals surface area contributed by atoms with E-state index in [1.165, 1.54) is 6.33 Å². The average molecular weight is 251 g/mol. The van der Waals surface area contributed by atoms with Crippen LogP contribution in [0.4, 0.5) is 0 Å². The summed E-state index contributed by atoms with van der Waals surface area (Å²) in [6.07, 6.45) is 0.958. The zero-order chi connectivity index (χ0) is 12.7. The fourth-order valence-corrected chi connectivity index (χ4v) is 2.19. The van der Waals surface area contributed by atoms with Gasteiger partial charge in [0.15, 0.2) is 6.23 Å². The Morgan fingerprint density at radius 1 is 1.33 bits per heavy atom. The number of hydrogen-bond acceptors (Lipinski definition) is 6. The summed E-state index contributed by atoms with van der Waals surface area (Å²) < 4.78 is 7.04. The molecule has 4 atom stereocenters. The molecule has 3 heterocycles. The van der Waals surface area contributed by atoms with Gasteiger partial charge in [0, 0.05) is 6.20 Å². The molecule has 0 bridgehead atoms. The lowest BCUT2D eigenvalue weighted by Gasteiger charge is -2.16. The first kappa shape index (κ1) is 11.5. The molecule has 0 unspecified atom stereocenters. The van der Waals surface area contributed by atoms with Gasteiger partial charge in [0.1, 0.15) is 18.3 Å². The van der Waals surface area contributed by atoms with Crippen molar-refractivity contribution in [3.8, 4) is 0 Å². The molecule has 7 nitrogen and oxygen atoms in total. The summed E-state index contributed by atoms with van der Waals surface area (Å²) in [7, 11) is 0. The van der Waals surface area contributed by atoms with E-state index in [9.17, 15) is 10.2 Å². The lowest BCUT2D eigenvalue weighted by Crippen LogP contribution is -2.33. The third-order valence-corrected chi connectivity index (χ3v) is 3.17. The molecule has 0 radical (unpaired) electrons. The smallest absolute Gasteiger partial charge is 0.164 e. The lowest BCUT2D eigenvalue weighted by atomic mass is 10.1. The second-order valence-electron chi connectivity index (χ2n) is 4.25. The molecule has 0 amide bonds. The van der Waals surface area contributed by atoms with Gasteiger partial charge in [-0.1, -0.05) is 0 Å². The minimum Gasteiger partial charge on any atom is -0.394 e. The fraction of sp³-hybridized carbons (Fsp3) is 0.455. The van der Waals surface area contributed by atoms with E-state index in [2.05, 4.69) is 9.97 Å². The highest BCUT2D eigenvalue weighted by Crippen LogP contribution is 2.31. The van der Waals surface area contributed by atoms with Gasteiger partial charge in [-0.25, -0.2) is 4.98 Å². The van der Waals surface area contributed by atoms with Crippen LogP contribution in [0.25, 0.3) is 11.0 Å². The maximum Gasteiger partial charge on any atom is 0.164 e. The minimum absolute atomic E-state index is 0.348. The molecular weight excluding hydrogens is 238 g/mol. The van der Waals surface area contributed by atoms with Crippen molar-refractivity contribution in [2.75, 3.05) is 6.61 Å². The van der Waals surface area contributed by atoms with Gasteiger partial charge in [-0.2, -0.15) is 0 Å². The summed E-state index contributed by atoms with van der Waals surface area (Å²) >= 11 is 0. The van der Waals surface area contributed by atoms with Crippen LogP contribution in [0.5, 0.6) is 0 Å². The molecule has 96 valence electrons. The van der Waals surface area contributed by atoms with Gasteiger partial charge in [-0.15, -0.1) is 0 Å². The first-order valence-electron chi connectivity index (χ1n) is 5.61. The number of aromatic nitrogens is 3. The maximum atomic E-state index is 9.94. The third-order valence-electron chi connectivity index (χ3n) is 3.17. The van der Waals surface area contributed by atoms with Gasteiger partial charge in [0.25, 0.3) is 0 Å². The Bertz CT molecular complexity index is 558. The van der Waals surface area contributed by atoms with E-state index in [-0.39, 0.29) is 6.61 Å². The van der Waals surface area contributed by atoms with Crippen molar-refractivity contribution in [1.82, 2.24) is 14.5 Å². The molecule has 18 heavy (non-hydrogen) atoms. The normalized spacial score (nSPS) is 32.2. The Hall–Kier alpha value is -1.54. The molecule has 0 spiro atoms. The van der Waals surface area contributed by atoms with Gasteiger partial charge >= 0.3 is 0 Å². The number of aliphatic hydroxyl groups excluding tert-OH is 3. The molecule has 2 aromatic heterocycles. The monoisotopic (exact) mass is 251 g/mol. The van der Waals surface area contributed by atoms with Gasteiger partial charge < -0.3 is 20.1 Å². The number of pyridine rings is 1. The van der Waals surface area contributed by atoms with Crippen molar-refractivity contribution in [1.29, 1.82) is 0 Å². The van der Waals surface area contributed by atoms with Crippen LogP contribution in [0.1, 0.15) is 6.23 Å². The number of imidazole rings is 1. The predicted molar refractivity (Wildman–Crippen MR) is 60.5 cm³/mol. The Morgan fingerprint density at radius 3 is 2.89 bits per heavy atom. The molecule has 1 fully saturated rings. The van der Waals surface area contributed by atoms with E-state index in [0.717, 1.165) is 5.52 Å². The summed E-state index contributed by atoms with van der Waals surface area (Å²) in [6, 6.07) is 1.74. The molecule has 0 saturated carbocycles. The molecule has 3 N–H and O–H groups in total. The Labute approximate surface area is 102 Å². The van der Waals surface area contributed by atoms with Gasteiger partial charge in [0.2, 0.25) is 0 Å². The van der Waals surface area contributed by atoms with Crippen molar-refractivity contribution in [3.05, 3.63) is 24.8 Å². The van der Waals surface area contributed by atoms with Crippen LogP contribution in [0.2, 0.25) is 0 Å². The predicted octanol–water partition coefficient (Wildman–Crippen LogP) is -0.957. The van der Waals surface area contributed by atoms with Crippen LogP contribution in [0.3, 0.4) is 0 Å². The quantitative estimate of drug-likeness (QED) is 0.635. The van der Waals surface area contributed by atoms with Crippen LogP contribution in [0.15, 0.2) is 24.8 Å². The first-order valence-corrected chi connectivity index (χ1v) is 5.61. The summed E-state index contributed by atoms with van der Waals surface area (Å²) in [5.41, 5.74) is 1.43. The molecule has 3 rings (SSSR count). The zero-order valence-electron chi connectivity index (χ0n) is 9.42. The molecule has 0 aromatic carbocycles. The van der Waals surface area contributed by atoms with E-state index >= 15 is 0 Å². The van der Waals surface area contributed by atoms with Gasteiger partial charge in [-0.05, 0) is 6.07 Å². The van der Waals surface area contributed by atoms with Crippen molar-refractivity contribution >= 4 is 11.0 Å². The summed E-state index contributed by atoms with van der Waals surface area (Å²) in [4.78, 5) is 8.15. The topological polar surface area (TPSA) is 101 Å². The maximum absolute atomic E-state index is 9.94. The second-order valence-corrected chi connectivity index (χ2v) is 4.25. The van der Waals surface area contributed by atoms with Crippen molar-refractivity contribution in [2.45, 2.75) is 24.5 Å². The summed E-state index contributed by atoms with van der Waals surface area (Å²) in [5, 5.41) is 28.7. The largest absolute Gasteiger partial charge is 0.394 e. The van der Waals surface area contributed by atoms with E-state index in [0.29, 0.717) is 5.52 Å². The molecule has 7 heteroatoms. The number of hydrogen-bond donors (Lipinski definition) is 3. The highest BCUT2D eigenvalue weighted by atomic mass is 16.6. The molecule has 1 aliphatic heterocycles. The Morgan fingerprint density at radius 2 is 2.17 bits per heavy atom. The number of nitrogens with zero attached hydrogens (tertiary/aromatic N) is 3. The Kier molecular flexibility index (Phi) is 2.75. The van der Waals surface area contributed by atoms with Crippen molar-refractivity contribution < 1.29 is 20.1 Å². The molecular formula is C11H13N3O4. The SMILES string of the molecule is OC[C@H]1O[C@@H](n2cnc3ccncc32)[C@H](O)[C@@H]1O. The third kappa shape index (κ3) is 1.60. The Balaban J connectivity index is 2.00. The zero-order valence-corrected chi connectivity index (χ0v) is 9.42. The van der Waals surface area contributed by atoms with Crippen molar-refractivity contribution in [3.63, 3.8) is 0 Å². The molecule has 2 aromatic rings. The van der Waals surface area contributed by atoms with E-state index in [1.54, 1.807) is 23.0 Å². The summed E-state index contributed by atoms with van der Waals surface area (Å²) in [5.74, 6) is 0. The van der Waals surface area contributed by atoms with E-state index in [4.69, 9.17) is 9.84 Å². The standard InChI is InChI=1S/C11H13N3O4/c15-4-8-9(16)10(17)11(18-8)14-5-13-6-1-2-12-3-7(6)14/h1-3,5,8-11,15-17H,4H2/t8-,9-,10-,11-/m1/s1. The highest BCUT2D eigenvalue weighted by molar-refractivity contribution is 5.73. The van der Waals surface area contributed by atoms with E-state index in [1.807, 2.05) is 0 Å². The van der Waals surface area contributed by atoms with Crippen molar-refractivity contribution in [2.24, 2.45) is 0 Å². The summed E-state index contributed by atoms with van der Waals surface area (Å²) in [6.45, 7) is -0.348.